The summed E-state index contributed by atoms with van der Waals surface area (Å²) in [7, 11) is 2.12. The lowest BCUT2D eigenvalue weighted by Crippen LogP contribution is -2.31. The molecule has 0 spiro atoms. The molecule has 0 aliphatic rings. The van der Waals surface area contributed by atoms with Gasteiger partial charge in [-0.2, -0.15) is 0 Å². The number of ether oxygens (including phenoxy) is 1. The summed E-state index contributed by atoms with van der Waals surface area (Å²) in [5.74, 6) is 0. The maximum atomic E-state index is 11.0. The van der Waals surface area contributed by atoms with Gasteiger partial charge in [-0.15, -0.1) is 0 Å². The van der Waals surface area contributed by atoms with Crippen molar-refractivity contribution in [1.29, 1.82) is 0 Å². The highest BCUT2D eigenvalue weighted by Crippen LogP contribution is 2.19. The number of hydrogen-bond donors (Lipinski definition) is 1. The number of nitrogens with one attached hydrogen (secondary N) is 1. The van der Waals surface area contributed by atoms with E-state index in [2.05, 4.69) is 12.2 Å². The van der Waals surface area contributed by atoms with E-state index in [1.165, 1.54) is 0 Å². The summed E-state index contributed by atoms with van der Waals surface area (Å²) in [4.78, 5) is 11.0. The largest absolute Gasteiger partial charge is 0.450 e. The Morgan fingerprint density at radius 3 is 2.38 bits per heavy atom. The van der Waals surface area contributed by atoms with Gasteiger partial charge in [0.05, 0.1) is 6.61 Å². The number of rotatable bonds is 8. The highest BCUT2D eigenvalue weighted by Gasteiger charge is 2.24. The highest BCUT2D eigenvalue weighted by atomic mass is 28.3. The topological polar surface area (TPSA) is 56.8 Å². The van der Waals surface area contributed by atoms with E-state index < -0.39 is 9.28 Å². The summed E-state index contributed by atoms with van der Waals surface area (Å²) in [5, 5.41) is 2.70. The van der Waals surface area contributed by atoms with Crippen LogP contribution in [0.3, 0.4) is 0 Å². The first-order valence-electron chi connectivity index (χ1n) is 5.54. The Hall–Kier alpha value is -0.593. The molecule has 0 aliphatic carbocycles. The van der Waals surface area contributed by atoms with Gasteiger partial charge in [0.1, 0.15) is 0 Å². The fourth-order valence-corrected chi connectivity index (χ4v) is 2.98. The van der Waals surface area contributed by atoms with Crippen LogP contribution in [0.4, 0.5) is 4.79 Å². The van der Waals surface area contributed by atoms with Gasteiger partial charge in [0.25, 0.3) is 0 Å². The molecule has 0 bridgehead atoms. The van der Waals surface area contributed by atoms with E-state index in [0.717, 1.165) is 12.8 Å². The molecule has 0 fully saturated rings. The molecule has 5 nitrogen and oxygen atoms in total. The fraction of sp³-hybridized carbons (Fsp3) is 0.900. The van der Waals surface area contributed by atoms with Crippen molar-refractivity contribution in [3.05, 3.63) is 0 Å². The summed E-state index contributed by atoms with van der Waals surface area (Å²) in [6.45, 7) is 4.87. The van der Waals surface area contributed by atoms with Crippen LogP contribution >= 0.6 is 0 Å². The first-order valence-corrected chi connectivity index (χ1v) is 6.94. The normalized spacial score (nSPS) is 12.6. The van der Waals surface area contributed by atoms with Crippen LogP contribution < -0.4 is 5.32 Å². The van der Waals surface area contributed by atoms with E-state index in [9.17, 15) is 4.79 Å². The molecule has 16 heavy (non-hydrogen) atoms. The van der Waals surface area contributed by atoms with Crippen molar-refractivity contribution in [1.82, 2.24) is 5.32 Å². The molecule has 0 aromatic carbocycles. The quantitative estimate of drug-likeness (QED) is 0.664. The molecule has 0 aromatic rings. The summed E-state index contributed by atoms with van der Waals surface area (Å²) in [6.07, 6.45) is 1.48. The first kappa shape index (κ1) is 15.4. The van der Waals surface area contributed by atoms with Crippen molar-refractivity contribution < 1.29 is 18.4 Å². The van der Waals surface area contributed by atoms with Crippen LogP contribution in [0.15, 0.2) is 0 Å². The Labute approximate surface area is 99.3 Å². The maximum absolute atomic E-state index is 11.0. The monoisotopic (exact) mass is 248 g/mol. The Morgan fingerprint density at radius 1 is 1.31 bits per heavy atom. The number of alkyl carbamates (subject to hydrolysis) is 1. The van der Waals surface area contributed by atoms with Crippen molar-refractivity contribution in [2.24, 2.45) is 0 Å². The smallest absolute Gasteiger partial charge is 0.407 e. The van der Waals surface area contributed by atoms with Crippen LogP contribution in [0, 0.1) is 0 Å². The second-order valence-electron chi connectivity index (χ2n) is 3.27. The molecular weight excluding hydrogens is 226 g/mol. The van der Waals surface area contributed by atoms with E-state index in [0.29, 0.717) is 18.7 Å². The molecule has 6 heteroatoms. The van der Waals surface area contributed by atoms with Gasteiger partial charge in [-0.05, 0) is 13.3 Å². The zero-order chi connectivity index (χ0) is 12.4. The van der Waals surface area contributed by atoms with Crippen molar-refractivity contribution in [2.45, 2.75) is 32.2 Å². The van der Waals surface area contributed by atoms with Gasteiger partial charge in [-0.3, -0.25) is 0 Å². The van der Waals surface area contributed by atoms with Crippen LogP contribution in [-0.4, -0.2) is 42.7 Å². The lowest BCUT2D eigenvalue weighted by molar-refractivity contribution is 0.152. The van der Waals surface area contributed by atoms with Gasteiger partial charge >= 0.3 is 15.4 Å². The average molecular weight is 248 g/mol. The highest BCUT2D eigenvalue weighted by molar-refractivity contribution is 6.46. The third-order valence-electron chi connectivity index (χ3n) is 2.27. The molecule has 1 atom stereocenters. The third kappa shape index (κ3) is 6.09. The molecule has 0 aromatic heterocycles. The molecule has 95 valence electrons. The van der Waals surface area contributed by atoms with Crippen LogP contribution in [0.5, 0.6) is 0 Å². The van der Waals surface area contributed by atoms with Crippen LogP contribution in [0.1, 0.15) is 26.7 Å². The molecule has 1 unspecified atom stereocenters. The number of hydrogen-bond acceptors (Lipinski definition) is 4. The lowest BCUT2D eigenvalue weighted by atomic mass is 10.2. The van der Waals surface area contributed by atoms with Crippen LogP contribution in [0.25, 0.3) is 0 Å². The summed E-state index contributed by atoms with van der Waals surface area (Å²) in [5.41, 5.74) is 0.377. The molecular formula is C10H22NO4Si. The third-order valence-corrected chi connectivity index (χ3v) is 4.43. The zero-order valence-electron chi connectivity index (χ0n) is 10.5. The van der Waals surface area contributed by atoms with Gasteiger partial charge in [0.15, 0.2) is 0 Å². The molecule has 0 heterocycles. The molecule has 0 saturated carbocycles. The minimum Gasteiger partial charge on any atom is -0.450 e. The zero-order valence-corrected chi connectivity index (χ0v) is 11.5. The van der Waals surface area contributed by atoms with Gasteiger partial charge in [0, 0.05) is 26.3 Å². The predicted octanol–water partition coefficient (Wildman–Crippen LogP) is 1.68. The second kappa shape index (κ2) is 9.62. The summed E-state index contributed by atoms with van der Waals surface area (Å²) in [6, 6.07) is 0. The van der Waals surface area contributed by atoms with Gasteiger partial charge in [0.2, 0.25) is 0 Å². The summed E-state index contributed by atoms with van der Waals surface area (Å²) >= 11 is 0. The van der Waals surface area contributed by atoms with Gasteiger partial charge < -0.3 is 18.9 Å². The van der Waals surface area contributed by atoms with E-state index >= 15 is 0 Å². The molecule has 0 rings (SSSR count). The molecule has 1 N–H and O–H groups in total. The minimum atomic E-state index is -1.21. The molecule has 1 radical (unpaired) electrons. The average Bonchev–Trinajstić information content (AvgIpc) is 2.28. The standard InChI is InChI=1S/C10H22NO4Si/c1-5-9(16(13-3)14-4)7-8-11-10(12)15-6-2/h9H,5-8H2,1-4H3,(H,11,12). The fourth-order valence-electron chi connectivity index (χ4n) is 1.44. The second-order valence-corrected chi connectivity index (χ2v) is 5.54. The molecule has 0 aliphatic heterocycles. The number of amides is 1. The van der Waals surface area contributed by atoms with Crippen LogP contribution in [0.2, 0.25) is 5.54 Å². The maximum Gasteiger partial charge on any atom is 0.407 e. The Kier molecular flexibility index (Phi) is 9.26. The van der Waals surface area contributed by atoms with Crippen molar-refractivity contribution >= 4 is 15.4 Å². The van der Waals surface area contributed by atoms with E-state index in [4.69, 9.17) is 13.6 Å². The van der Waals surface area contributed by atoms with Crippen LogP contribution in [-0.2, 0) is 13.6 Å². The Bertz CT molecular complexity index is 188. The Balaban J connectivity index is 3.82. The van der Waals surface area contributed by atoms with Gasteiger partial charge in [-0.1, -0.05) is 13.3 Å². The van der Waals surface area contributed by atoms with Crippen molar-refractivity contribution in [3.8, 4) is 0 Å². The predicted molar refractivity (Wildman–Crippen MR) is 63.5 cm³/mol. The number of carbonyl (C=O) groups is 1. The van der Waals surface area contributed by atoms with Crippen molar-refractivity contribution in [3.63, 3.8) is 0 Å². The molecule has 0 saturated heterocycles. The van der Waals surface area contributed by atoms with Crippen molar-refractivity contribution in [2.75, 3.05) is 27.4 Å². The molecule has 1 amide bonds. The number of carbonyl (C=O) groups excluding carboxylic acids is 1. The van der Waals surface area contributed by atoms with E-state index in [-0.39, 0.29) is 6.09 Å². The SMILES string of the molecule is CCOC(=O)NCCC(CC)[Si](OC)OC. The van der Waals surface area contributed by atoms with Gasteiger partial charge in [-0.25, -0.2) is 4.79 Å². The lowest BCUT2D eigenvalue weighted by Gasteiger charge is -2.19. The Morgan fingerprint density at radius 2 is 1.94 bits per heavy atom. The first-order chi connectivity index (χ1) is 7.69. The summed E-state index contributed by atoms with van der Waals surface area (Å²) < 4.78 is 15.4. The minimum absolute atomic E-state index is 0.360. The van der Waals surface area contributed by atoms with E-state index in [1.807, 2.05) is 0 Å². The van der Waals surface area contributed by atoms with E-state index in [1.54, 1.807) is 21.1 Å².